The smallest absolute Gasteiger partial charge is 0.269 e. The van der Waals surface area contributed by atoms with Crippen LogP contribution in [0.15, 0.2) is 42.6 Å². The van der Waals surface area contributed by atoms with Crippen LogP contribution in [0.2, 0.25) is 0 Å². The van der Waals surface area contributed by atoms with Crippen molar-refractivity contribution < 1.29 is 14.3 Å². The van der Waals surface area contributed by atoms with Crippen molar-refractivity contribution in [1.29, 1.82) is 0 Å². The van der Waals surface area contributed by atoms with E-state index in [-0.39, 0.29) is 12.7 Å². The third-order valence-corrected chi connectivity index (χ3v) is 2.60. The van der Waals surface area contributed by atoms with Gasteiger partial charge >= 0.3 is 0 Å². The number of ether oxygens (including phenoxy) is 2. The van der Waals surface area contributed by atoms with Crippen LogP contribution in [0.4, 0.5) is 5.82 Å². The maximum atomic E-state index is 11.9. The highest BCUT2D eigenvalue weighted by atomic mass is 16.7. The number of aromatic nitrogens is 1. The summed E-state index contributed by atoms with van der Waals surface area (Å²) in [7, 11) is 0. The second kappa shape index (κ2) is 4.85. The molecule has 0 aliphatic carbocycles. The van der Waals surface area contributed by atoms with Gasteiger partial charge in [0.2, 0.25) is 6.79 Å². The molecule has 96 valence electrons. The van der Waals surface area contributed by atoms with Crippen molar-refractivity contribution in [3.8, 4) is 11.5 Å². The molecule has 0 radical (unpaired) electrons. The lowest BCUT2D eigenvalue weighted by Crippen LogP contribution is -2.29. The number of carbonyl (C=O) groups excluding carboxylic acids is 1. The first-order valence-electron chi connectivity index (χ1n) is 5.70. The van der Waals surface area contributed by atoms with Gasteiger partial charge in [-0.05, 0) is 30.3 Å². The van der Waals surface area contributed by atoms with E-state index in [1.807, 2.05) is 6.07 Å². The van der Waals surface area contributed by atoms with E-state index in [0.29, 0.717) is 22.9 Å². The van der Waals surface area contributed by atoms with Gasteiger partial charge in [-0.25, -0.2) is 4.98 Å². The van der Waals surface area contributed by atoms with Crippen molar-refractivity contribution >= 4 is 11.7 Å². The van der Waals surface area contributed by atoms with Crippen molar-refractivity contribution in [2.75, 3.05) is 12.2 Å². The molecular weight excluding hydrogens is 246 g/mol. The summed E-state index contributed by atoms with van der Waals surface area (Å²) in [6.07, 6.45) is 1.63. The first kappa shape index (κ1) is 11.3. The molecule has 1 aliphatic heterocycles. The predicted molar refractivity (Wildman–Crippen MR) is 67.9 cm³/mol. The quantitative estimate of drug-likeness (QED) is 0.816. The normalized spacial score (nSPS) is 12.0. The Morgan fingerprint density at radius 2 is 2.05 bits per heavy atom. The number of pyridine rings is 1. The Morgan fingerprint density at radius 1 is 1.16 bits per heavy atom. The van der Waals surface area contributed by atoms with Gasteiger partial charge in [0, 0.05) is 11.8 Å². The number of carbonyl (C=O) groups is 1. The number of anilines is 1. The molecule has 0 spiro atoms. The Bertz CT molecular complexity index is 601. The highest BCUT2D eigenvalue weighted by molar-refractivity contribution is 5.95. The van der Waals surface area contributed by atoms with E-state index in [1.165, 1.54) is 0 Å². The minimum atomic E-state index is -0.274. The summed E-state index contributed by atoms with van der Waals surface area (Å²) < 4.78 is 10.4. The van der Waals surface area contributed by atoms with E-state index < -0.39 is 0 Å². The zero-order valence-corrected chi connectivity index (χ0v) is 9.92. The highest BCUT2D eigenvalue weighted by Crippen LogP contribution is 2.32. The van der Waals surface area contributed by atoms with Crippen molar-refractivity contribution in [3.05, 3.63) is 48.2 Å². The molecule has 0 bridgehead atoms. The van der Waals surface area contributed by atoms with Gasteiger partial charge in [-0.3, -0.25) is 15.6 Å². The predicted octanol–water partition coefficient (Wildman–Crippen LogP) is 1.57. The minimum Gasteiger partial charge on any atom is -0.454 e. The van der Waals surface area contributed by atoms with Gasteiger partial charge in [0.15, 0.2) is 11.5 Å². The maximum absolute atomic E-state index is 11.9. The van der Waals surface area contributed by atoms with Crippen LogP contribution >= 0.6 is 0 Å². The standard InChI is InChI=1S/C13H11N3O3/c17-13(16-15-12-3-1-2-6-14-12)9-4-5-10-11(7-9)19-8-18-10/h1-7H,8H2,(H,14,15)(H,16,17). The molecule has 1 aromatic heterocycles. The Balaban J connectivity index is 1.67. The molecule has 19 heavy (non-hydrogen) atoms. The van der Waals surface area contributed by atoms with Crippen LogP contribution in [0.3, 0.4) is 0 Å². The summed E-state index contributed by atoms with van der Waals surface area (Å²) in [6, 6.07) is 10.4. The molecule has 1 aliphatic rings. The monoisotopic (exact) mass is 257 g/mol. The first-order chi connectivity index (χ1) is 9.33. The van der Waals surface area contributed by atoms with Crippen LogP contribution in [0.1, 0.15) is 10.4 Å². The van der Waals surface area contributed by atoms with Gasteiger partial charge in [-0.1, -0.05) is 6.07 Å². The van der Waals surface area contributed by atoms with Gasteiger partial charge in [-0.2, -0.15) is 0 Å². The number of hydrogen-bond acceptors (Lipinski definition) is 5. The number of nitrogens with zero attached hydrogens (tertiary/aromatic N) is 1. The fraction of sp³-hybridized carbons (Fsp3) is 0.0769. The van der Waals surface area contributed by atoms with Crippen molar-refractivity contribution in [2.24, 2.45) is 0 Å². The molecule has 6 heteroatoms. The van der Waals surface area contributed by atoms with E-state index in [9.17, 15) is 4.79 Å². The lowest BCUT2D eigenvalue weighted by molar-refractivity contribution is 0.0962. The Morgan fingerprint density at radius 3 is 2.89 bits per heavy atom. The van der Waals surface area contributed by atoms with Crippen LogP contribution in [0.25, 0.3) is 0 Å². The van der Waals surface area contributed by atoms with E-state index >= 15 is 0 Å². The Kier molecular flexibility index (Phi) is 2.89. The third kappa shape index (κ3) is 2.42. The molecule has 3 rings (SSSR count). The zero-order valence-electron chi connectivity index (χ0n) is 9.92. The maximum Gasteiger partial charge on any atom is 0.269 e. The number of benzene rings is 1. The van der Waals surface area contributed by atoms with Gasteiger partial charge in [-0.15, -0.1) is 0 Å². The molecule has 2 heterocycles. The fourth-order valence-corrected chi connectivity index (χ4v) is 1.67. The van der Waals surface area contributed by atoms with Crippen LogP contribution in [0.5, 0.6) is 11.5 Å². The van der Waals surface area contributed by atoms with E-state index in [1.54, 1.807) is 36.5 Å². The topological polar surface area (TPSA) is 72.5 Å². The van der Waals surface area contributed by atoms with Gasteiger partial charge in [0.05, 0.1) is 0 Å². The average molecular weight is 257 g/mol. The van der Waals surface area contributed by atoms with Crippen molar-refractivity contribution in [1.82, 2.24) is 10.4 Å². The second-order valence-corrected chi connectivity index (χ2v) is 3.86. The van der Waals surface area contributed by atoms with Crippen molar-refractivity contribution in [3.63, 3.8) is 0 Å². The van der Waals surface area contributed by atoms with Crippen molar-refractivity contribution in [2.45, 2.75) is 0 Å². The summed E-state index contributed by atoms with van der Waals surface area (Å²) in [5, 5.41) is 0. The van der Waals surface area contributed by atoms with E-state index in [2.05, 4.69) is 15.8 Å². The molecule has 2 N–H and O–H groups in total. The Hall–Kier alpha value is -2.76. The number of fused-ring (bicyclic) bond motifs is 1. The van der Waals surface area contributed by atoms with Gasteiger partial charge in [0.1, 0.15) is 5.82 Å². The Labute approximate surface area is 109 Å². The zero-order chi connectivity index (χ0) is 13.1. The molecule has 0 atom stereocenters. The van der Waals surface area contributed by atoms with E-state index in [0.717, 1.165) is 0 Å². The molecule has 1 aromatic carbocycles. The van der Waals surface area contributed by atoms with Crippen LogP contribution in [-0.4, -0.2) is 17.7 Å². The minimum absolute atomic E-state index is 0.187. The second-order valence-electron chi connectivity index (χ2n) is 3.86. The molecule has 0 saturated heterocycles. The lowest BCUT2D eigenvalue weighted by atomic mass is 10.2. The van der Waals surface area contributed by atoms with E-state index in [4.69, 9.17) is 9.47 Å². The number of hydrogen-bond donors (Lipinski definition) is 2. The molecule has 1 amide bonds. The van der Waals surface area contributed by atoms with Crippen LogP contribution in [0, 0.1) is 0 Å². The largest absolute Gasteiger partial charge is 0.454 e. The summed E-state index contributed by atoms with van der Waals surface area (Å²) in [5.41, 5.74) is 5.77. The number of nitrogens with one attached hydrogen (secondary N) is 2. The summed E-state index contributed by atoms with van der Waals surface area (Å²) in [4.78, 5) is 16.0. The van der Waals surface area contributed by atoms with Crippen LogP contribution in [-0.2, 0) is 0 Å². The average Bonchev–Trinajstić information content (AvgIpc) is 2.93. The lowest BCUT2D eigenvalue weighted by Gasteiger charge is -2.07. The highest BCUT2D eigenvalue weighted by Gasteiger charge is 2.15. The summed E-state index contributed by atoms with van der Waals surface area (Å²) >= 11 is 0. The van der Waals surface area contributed by atoms with Gasteiger partial charge in [0.25, 0.3) is 5.91 Å². The molecule has 0 fully saturated rings. The summed E-state index contributed by atoms with van der Waals surface area (Å²) in [5.74, 6) is 1.51. The molecule has 0 saturated carbocycles. The number of amides is 1. The summed E-state index contributed by atoms with van der Waals surface area (Å²) in [6.45, 7) is 0.187. The first-order valence-corrected chi connectivity index (χ1v) is 5.70. The fourth-order valence-electron chi connectivity index (χ4n) is 1.67. The third-order valence-electron chi connectivity index (χ3n) is 2.60. The van der Waals surface area contributed by atoms with Gasteiger partial charge < -0.3 is 9.47 Å². The molecule has 2 aromatic rings. The number of rotatable bonds is 3. The number of hydrazine groups is 1. The SMILES string of the molecule is O=C(NNc1ccccn1)c1ccc2c(c1)OCO2. The molecular formula is C13H11N3O3. The molecule has 0 unspecified atom stereocenters. The molecule has 6 nitrogen and oxygen atoms in total. The van der Waals surface area contributed by atoms with Crippen LogP contribution < -0.4 is 20.3 Å².